The normalized spacial score (nSPS) is 39.4. The fraction of sp³-hybridized carbons (Fsp3) is 0.769. The van der Waals surface area contributed by atoms with Gasteiger partial charge in [-0.25, -0.2) is 0 Å². The zero-order chi connectivity index (χ0) is 14.5. The molecule has 0 aromatic heterocycles. The molecule has 0 aromatic rings. The Labute approximate surface area is 121 Å². The molecule has 2 atom stereocenters. The van der Waals surface area contributed by atoms with Gasteiger partial charge < -0.3 is 15.3 Å². The quantitative estimate of drug-likeness (QED) is 0.788. The van der Waals surface area contributed by atoms with Gasteiger partial charge in [-0.1, -0.05) is 0 Å². The molecule has 1 saturated carbocycles. The SMILES string of the molecule is CC12CCC(=O)N1C(C(=O)NC1CC(C(=O)O)C1)CS2. The summed E-state index contributed by atoms with van der Waals surface area (Å²) < 4.78 is 0. The molecule has 2 N–H and O–H groups in total. The van der Waals surface area contributed by atoms with Crippen LogP contribution >= 0.6 is 11.8 Å². The van der Waals surface area contributed by atoms with Crippen molar-refractivity contribution in [2.75, 3.05) is 5.75 Å². The molecule has 6 nitrogen and oxygen atoms in total. The minimum absolute atomic E-state index is 0.0506. The summed E-state index contributed by atoms with van der Waals surface area (Å²) in [6, 6.07) is -0.456. The van der Waals surface area contributed by atoms with Gasteiger partial charge in [0.05, 0.1) is 10.8 Å². The van der Waals surface area contributed by atoms with Crippen molar-refractivity contribution in [2.45, 2.75) is 49.6 Å². The van der Waals surface area contributed by atoms with Crippen LogP contribution in [0.1, 0.15) is 32.6 Å². The summed E-state index contributed by atoms with van der Waals surface area (Å²) in [6.45, 7) is 2.01. The van der Waals surface area contributed by atoms with Gasteiger partial charge in [0.25, 0.3) is 0 Å². The lowest BCUT2D eigenvalue weighted by atomic mass is 9.80. The highest BCUT2D eigenvalue weighted by atomic mass is 32.2. The molecule has 2 heterocycles. The maximum absolute atomic E-state index is 12.3. The largest absolute Gasteiger partial charge is 0.481 e. The van der Waals surface area contributed by atoms with Crippen LogP contribution in [0.5, 0.6) is 0 Å². The lowest BCUT2D eigenvalue weighted by molar-refractivity contribution is -0.146. The molecule has 0 aromatic carbocycles. The van der Waals surface area contributed by atoms with Crippen molar-refractivity contribution < 1.29 is 19.5 Å². The Morgan fingerprint density at radius 1 is 1.45 bits per heavy atom. The lowest BCUT2D eigenvalue weighted by Crippen LogP contribution is -2.55. The van der Waals surface area contributed by atoms with E-state index in [9.17, 15) is 14.4 Å². The van der Waals surface area contributed by atoms with Crippen LogP contribution in [0, 0.1) is 5.92 Å². The van der Waals surface area contributed by atoms with Gasteiger partial charge in [-0.15, -0.1) is 11.8 Å². The molecule has 0 spiro atoms. The van der Waals surface area contributed by atoms with E-state index in [0.717, 1.165) is 6.42 Å². The third kappa shape index (κ3) is 2.08. The standard InChI is InChI=1S/C13H18N2O4S/c1-13-3-2-10(16)15(13)9(6-20-13)11(17)14-8-4-7(5-8)12(18)19/h7-9H,2-6H2,1H3,(H,14,17)(H,18,19). The van der Waals surface area contributed by atoms with Crippen molar-refractivity contribution in [3.63, 3.8) is 0 Å². The molecule has 3 fully saturated rings. The van der Waals surface area contributed by atoms with Crippen molar-refractivity contribution in [1.29, 1.82) is 0 Å². The molecular weight excluding hydrogens is 280 g/mol. The first-order valence-electron chi connectivity index (χ1n) is 6.90. The first-order valence-corrected chi connectivity index (χ1v) is 7.88. The van der Waals surface area contributed by atoms with Crippen LogP contribution < -0.4 is 5.32 Å². The Kier molecular flexibility index (Phi) is 3.19. The number of carbonyl (C=O) groups is 3. The number of carbonyl (C=O) groups excluding carboxylic acids is 2. The highest BCUT2D eigenvalue weighted by Crippen LogP contribution is 2.47. The molecule has 110 valence electrons. The summed E-state index contributed by atoms with van der Waals surface area (Å²) in [5.74, 6) is -0.588. The number of fused-ring (bicyclic) bond motifs is 1. The highest BCUT2D eigenvalue weighted by Gasteiger charge is 2.53. The highest BCUT2D eigenvalue weighted by molar-refractivity contribution is 8.01. The lowest BCUT2D eigenvalue weighted by Gasteiger charge is -2.35. The summed E-state index contributed by atoms with van der Waals surface area (Å²) >= 11 is 1.66. The number of carboxylic acids is 1. The first-order chi connectivity index (χ1) is 9.40. The van der Waals surface area contributed by atoms with Crippen molar-refractivity contribution in [3.05, 3.63) is 0 Å². The minimum atomic E-state index is -0.797. The number of hydrogen-bond acceptors (Lipinski definition) is 4. The van der Waals surface area contributed by atoms with E-state index in [1.54, 1.807) is 16.7 Å². The number of rotatable bonds is 3. The predicted octanol–water partition coefficient (Wildman–Crippen LogP) is 0.420. The molecule has 3 aliphatic rings. The van der Waals surface area contributed by atoms with Crippen LogP contribution in [0.3, 0.4) is 0 Å². The summed E-state index contributed by atoms with van der Waals surface area (Å²) in [4.78, 5) is 36.5. The summed E-state index contributed by atoms with van der Waals surface area (Å²) in [5.41, 5.74) is 0. The zero-order valence-electron chi connectivity index (χ0n) is 11.3. The molecule has 1 aliphatic carbocycles. The monoisotopic (exact) mass is 298 g/mol. The van der Waals surface area contributed by atoms with E-state index in [0.29, 0.717) is 25.0 Å². The van der Waals surface area contributed by atoms with Crippen LogP contribution in [0.15, 0.2) is 0 Å². The van der Waals surface area contributed by atoms with Crippen molar-refractivity contribution in [2.24, 2.45) is 5.92 Å². The van der Waals surface area contributed by atoms with Gasteiger partial charge in [0.2, 0.25) is 11.8 Å². The molecule has 2 amide bonds. The molecule has 0 bridgehead atoms. The fourth-order valence-corrected chi connectivity index (χ4v) is 4.68. The number of nitrogens with zero attached hydrogens (tertiary/aromatic N) is 1. The zero-order valence-corrected chi connectivity index (χ0v) is 12.1. The van der Waals surface area contributed by atoms with Crippen LogP contribution in [0.25, 0.3) is 0 Å². The average Bonchev–Trinajstić information content (AvgIpc) is 2.80. The summed E-state index contributed by atoms with van der Waals surface area (Å²) in [5, 5.41) is 11.7. The van der Waals surface area contributed by atoms with E-state index >= 15 is 0 Å². The van der Waals surface area contributed by atoms with Crippen LogP contribution in [0.2, 0.25) is 0 Å². The Morgan fingerprint density at radius 3 is 2.80 bits per heavy atom. The van der Waals surface area contributed by atoms with Gasteiger partial charge >= 0.3 is 5.97 Å². The van der Waals surface area contributed by atoms with E-state index in [1.165, 1.54) is 0 Å². The van der Waals surface area contributed by atoms with Gasteiger partial charge in [0.15, 0.2) is 0 Å². The number of nitrogens with one attached hydrogen (secondary N) is 1. The van der Waals surface area contributed by atoms with E-state index in [1.807, 2.05) is 6.92 Å². The summed E-state index contributed by atoms with van der Waals surface area (Å²) in [7, 11) is 0. The number of aliphatic carboxylic acids is 1. The predicted molar refractivity (Wildman–Crippen MR) is 73.0 cm³/mol. The van der Waals surface area contributed by atoms with Crippen LogP contribution in [-0.4, -0.2) is 50.5 Å². The Bertz CT molecular complexity index is 477. The molecule has 7 heteroatoms. The molecule has 0 radical (unpaired) electrons. The van der Waals surface area contributed by atoms with Crippen molar-refractivity contribution in [3.8, 4) is 0 Å². The maximum atomic E-state index is 12.3. The second kappa shape index (κ2) is 4.65. The Morgan fingerprint density at radius 2 is 2.15 bits per heavy atom. The maximum Gasteiger partial charge on any atom is 0.306 e. The number of carboxylic acid groups (broad SMARTS) is 1. The average molecular weight is 298 g/mol. The number of thioether (sulfide) groups is 1. The smallest absolute Gasteiger partial charge is 0.306 e. The van der Waals surface area contributed by atoms with Gasteiger partial charge in [0.1, 0.15) is 6.04 Å². The Hall–Kier alpha value is -1.24. The molecular formula is C13H18N2O4S. The third-order valence-electron chi connectivity index (χ3n) is 4.58. The molecule has 2 saturated heterocycles. The molecule has 2 aliphatic heterocycles. The first kappa shape index (κ1) is 13.7. The molecule has 20 heavy (non-hydrogen) atoms. The second-order valence-electron chi connectivity index (χ2n) is 5.98. The minimum Gasteiger partial charge on any atom is -0.481 e. The molecule has 3 rings (SSSR count). The summed E-state index contributed by atoms with van der Waals surface area (Å²) in [6.07, 6.45) is 2.29. The van der Waals surface area contributed by atoms with Gasteiger partial charge in [-0.05, 0) is 26.2 Å². The van der Waals surface area contributed by atoms with E-state index in [2.05, 4.69) is 5.32 Å². The van der Waals surface area contributed by atoms with Crippen molar-refractivity contribution >= 4 is 29.5 Å². The van der Waals surface area contributed by atoms with Gasteiger partial charge in [-0.2, -0.15) is 0 Å². The van der Waals surface area contributed by atoms with Crippen LogP contribution in [-0.2, 0) is 14.4 Å². The van der Waals surface area contributed by atoms with Crippen molar-refractivity contribution in [1.82, 2.24) is 10.2 Å². The molecule has 2 unspecified atom stereocenters. The fourth-order valence-electron chi connectivity index (χ4n) is 3.25. The van der Waals surface area contributed by atoms with E-state index in [4.69, 9.17) is 5.11 Å². The van der Waals surface area contributed by atoms with Gasteiger partial charge in [-0.3, -0.25) is 14.4 Å². The number of hydrogen-bond donors (Lipinski definition) is 2. The van der Waals surface area contributed by atoms with Gasteiger partial charge in [0, 0.05) is 18.2 Å². The van der Waals surface area contributed by atoms with E-state index in [-0.39, 0.29) is 28.6 Å². The number of amides is 2. The Balaban J connectivity index is 1.59. The topological polar surface area (TPSA) is 86.7 Å². The third-order valence-corrected chi connectivity index (χ3v) is 6.09. The van der Waals surface area contributed by atoms with E-state index < -0.39 is 12.0 Å². The van der Waals surface area contributed by atoms with Crippen LogP contribution in [0.4, 0.5) is 0 Å². The second-order valence-corrected chi connectivity index (χ2v) is 7.48.